The molecule has 1 heterocycles. The molecule has 0 radical (unpaired) electrons. The Labute approximate surface area is 158 Å². The molecule has 1 saturated heterocycles. The number of hydrogen-bond donors (Lipinski definition) is 1. The first-order valence-corrected chi connectivity index (χ1v) is 8.97. The van der Waals surface area contributed by atoms with E-state index in [9.17, 15) is 14.9 Å². The minimum Gasteiger partial charge on any atom is -0.466 e. The summed E-state index contributed by atoms with van der Waals surface area (Å²) < 4.78 is 5.02. The monoisotopic (exact) mass is 375 g/mol. The molecule has 0 atom stereocenters. The first kappa shape index (κ1) is 19.8. The number of hydrogen-bond acceptors (Lipinski definition) is 5. The van der Waals surface area contributed by atoms with Crippen LogP contribution in [0, 0.1) is 17.2 Å². The third-order valence-electron chi connectivity index (χ3n) is 4.22. The van der Waals surface area contributed by atoms with Crippen molar-refractivity contribution in [1.82, 2.24) is 10.2 Å². The number of nitriles is 1. The second-order valence-corrected chi connectivity index (χ2v) is 6.43. The largest absolute Gasteiger partial charge is 0.466 e. The number of nitrogens with zero attached hydrogens (tertiary/aromatic N) is 2. The molecule has 1 aliphatic rings. The van der Waals surface area contributed by atoms with Crippen molar-refractivity contribution in [3.63, 3.8) is 0 Å². The fourth-order valence-corrected chi connectivity index (χ4v) is 2.89. The minimum absolute atomic E-state index is 0.0496. The van der Waals surface area contributed by atoms with Crippen molar-refractivity contribution in [1.29, 1.82) is 5.26 Å². The molecule has 6 nitrogen and oxygen atoms in total. The Morgan fingerprint density at radius 3 is 2.58 bits per heavy atom. The maximum absolute atomic E-state index is 12.5. The summed E-state index contributed by atoms with van der Waals surface area (Å²) >= 11 is 5.84. The van der Waals surface area contributed by atoms with E-state index in [1.807, 2.05) is 18.2 Å². The van der Waals surface area contributed by atoms with Crippen molar-refractivity contribution >= 4 is 23.5 Å². The number of rotatable bonds is 6. The molecule has 0 unspecified atom stereocenters. The lowest BCUT2D eigenvalue weighted by Gasteiger charge is -2.30. The first-order chi connectivity index (χ1) is 12.5. The standard InChI is InChI=1S/C19H22ClN3O3/c1-2-26-19(25)15-7-9-23(10-8-15)18(24)16(11-21)13-22-12-14-3-5-17(20)6-4-14/h3-6,13,15,22H,2,7-10,12H2,1H3/b16-13-. The fourth-order valence-electron chi connectivity index (χ4n) is 2.76. The summed E-state index contributed by atoms with van der Waals surface area (Å²) in [5, 5.41) is 12.9. The topological polar surface area (TPSA) is 82.4 Å². The zero-order chi connectivity index (χ0) is 18.9. The maximum Gasteiger partial charge on any atom is 0.309 e. The van der Waals surface area contributed by atoms with E-state index in [1.54, 1.807) is 24.0 Å². The molecule has 7 heteroatoms. The van der Waals surface area contributed by atoms with Gasteiger partial charge >= 0.3 is 5.97 Å². The molecular formula is C19H22ClN3O3. The molecule has 0 aliphatic carbocycles. The van der Waals surface area contributed by atoms with Gasteiger partial charge in [-0.15, -0.1) is 0 Å². The van der Waals surface area contributed by atoms with Gasteiger partial charge in [0.25, 0.3) is 5.91 Å². The minimum atomic E-state index is -0.321. The molecule has 1 fully saturated rings. The predicted molar refractivity (Wildman–Crippen MR) is 97.9 cm³/mol. The van der Waals surface area contributed by atoms with Gasteiger partial charge in [-0.2, -0.15) is 5.26 Å². The lowest BCUT2D eigenvalue weighted by atomic mass is 9.96. The van der Waals surface area contributed by atoms with Crippen LogP contribution in [0.4, 0.5) is 0 Å². The molecule has 1 N–H and O–H groups in total. The summed E-state index contributed by atoms with van der Waals surface area (Å²) in [4.78, 5) is 25.8. The van der Waals surface area contributed by atoms with Crippen LogP contribution in [0.15, 0.2) is 36.0 Å². The van der Waals surface area contributed by atoms with Crippen molar-refractivity contribution in [3.05, 3.63) is 46.6 Å². The summed E-state index contributed by atoms with van der Waals surface area (Å²) in [6.07, 6.45) is 2.55. The number of esters is 1. The summed E-state index contributed by atoms with van der Waals surface area (Å²) in [7, 11) is 0. The number of nitrogens with one attached hydrogen (secondary N) is 1. The van der Waals surface area contributed by atoms with Gasteiger partial charge in [-0.05, 0) is 37.5 Å². The first-order valence-electron chi connectivity index (χ1n) is 8.59. The Kier molecular flexibility index (Phi) is 7.49. The Balaban J connectivity index is 1.87. The Hall–Kier alpha value is -2.52. The van der Waals surface area contributed by atoms with Gasteiger partial charge in [-0.25, -0.2) is 0 Å². The zero-order valence-electron chi connectivity index (χ0n) is 14.7. The molecule has 0 aromatic heterocycles. The number of amides is 1. The van der Waals surface area contributed by atoms with Crippen molar-refractivity contribution < 1.29 is 14.3 Å². The number of piperidine rings is 1. The lowest BCUT2D eigenvalue weighted by molar-refractivity contribution is -0.150. The molecule has 1 amide bonds. The average molecular weight is 376 g/mol. The van der Waals surface area contributed by atoms with Crippen LogP contribution in [-0.4, -0.2) is 36.5 Å². The molecule has 1 aromatic carbocycles. The van der Waals surface area contributed by atoms with Crippen molar-refractivity contribution in [2.45, 2.75) is 26.3 Å². The number of carbonyl (C=O) groups is 2. The van der Waals surface area contributed by atoms with Gasteiger partial charge in [-0.3, -0.25) is 9.59 Å². The predicted octanol–water partition coefficient (Wildman–Crippen LogP) is 2.64. The van der Waals surface area contributed by atoms with E-state index in [0.717, 1.165) is 5.56 Å². The second kappa shape index (κ2) is 9.83. The smallest absolute Gasteiger partial charge is 0.309 e. The molecule has 1 aliphatic heterocycles. The van der Waals surface area contributed by atoms with Gasteiger partial charge in [0.1, 0.15) is 11.6 Å². The van der Waals surface area contributed by atoms with Crippen LogP contribution in [0.1, 0.15) is 25.3 Å². The molecule has 26 heavy (non-hydrogen) atoms. The van der Waals surface area contributed by atoms with Crippen molar-refractivity contribution in [2.24, 2.45) is 5.92 Å². The van der Waals surface area contributed by atoms with Crippen molar-refractivity contribution in [2.75, 3.05) is 19.7 Å². The van der Waals surface area contributed by atoms with Gasteiger partial charge in [0, 0.05) is 30.9 Å². The maximum atomic E-state index is 12.5. The summed E-state index contributed by atoms with van der Waals surface area (Å²) in [5.74, 6) is -0.699. The highest BCUT2D eigenvalue weighted by Gasteiger charge is 2.29. The van der Waals surface area contributed by atoms with Gasteiger partial charge < -0.3 is 15.0 Å². The molecule has 2 rings (SSSR count). The Bertz CT molecular complexity index is 702. The highest BCUT2D eigenvalue weighted by Crippen LogP contribution is 2.20. The van der Waals surface area contributed by atoms with E-state index in [4.69, 9.17) is 16.3 Å². The fraction of sp³-hybridized carbons (Fsp3) is 0.421. The van der Waals surface area contributed by atoms with Crippen LogP contribution < -0.4 is 5.32 Å². The quantitative estimate of drug-likeness (QED) is 0.469. The van der Waals surface area contributed by atoms with Crippen LogP contribution in [0.2, 0.25) is 5.02 Å². The van der Waals surface area contributed by atoms with E-state index >= 15 is 0 Å². The number of ether oxygens (including phenoxy) is 1. The van der Waals surface area contributed by atoms with E-state index in [1.165, 1.54) is 6.20 Å². The summed E-state index contributed by atoms with van der Waals surface area (Å²) in [6.45, 7) is 3.51. The number of likely N-dealkylation sites (tertiary alicyclic amines) is 1. The number of halogens is 1. The molecule has 0 bridgehead atoms. The van der Waals surface area contributed by atoms with Crippen LogP contribution >= 0.6 is 11.6 Å². The summed E-state index contributed by atoms with van der Waals surface area (Å²) in [6, 6.07) is 9.26. The van der Waals surface area contributed by atoms with E-state index < -0.39 is 0 Å². The molecule has 138 valence electrons. The second-order valence-electron chi connectivity index (χ2n) is 6.00. The van der Waals surface area contributed by atoms with Crippen LogP contribution in [-0.2, 0) is 20.9 Å². The highest BCUT2D eigenvalue weighted by molar-refractivity contribution is 6.30. The molecular weight excluding hydrogens is 354 g/mol. The normalized spacial score (nSPS) is 15.3. The van der Waals surface area contributed by atoms with Gasteiger partial charge in [0.05, 0.1) is 12.5 Å². The molecule has 1 aromatic rings. The van der Waals surface area contributed by atoms with Crippen molar-refractivity contribution in [3.8, 4) is 6.07 Å². The Morgan fingerprint density at radius 1 is 1.35 bits per heavy atom. The van der Waals surface area contributed by atoms with Gasteiger partial charge in [-0.1, -0.05) is 23.7 Å². The van der Waals surface area contributed by atoms with Crippen LogP contribution in [0.3, 0.4) is 0 Å². The third kappa shape index (κ3) is 5.50. The van der Waals surface area contributed by atoms with Gasteiger partial charge in [0.2, 0.25) is 0 Å². The van der Waals surface area contributed by atoms with Gasteiger partial charge in [0.15, 0.2) is 0 Å². The average Bonchev–Trinajstić information content (AvgIpc) is 2.66. The number of benzene rings is 1. The van der Waals surface area contributed by atoms with Crippen LogP contribution in [0.25, 0.3) is 0 Å². The third-order valence-corrected chi connectivity index (χ3v) is 4.47. The molecule has 0 saturated carbocycles. The van der Waals surface area contributed by atoms with E-state index in [0.29, 0.717) is 44.1 Å². The van der Waals surface area contributed by atoms with Crippen LogP contribution in [0.5, 0.6) is 0 Å². The summed E-state index contributed by atoms with van der Waals surface area (Å²) in [5.41, 5.74) is 1.04. The van der Waals surface area contributed by atoms with E-state index in [-0.39, 0.29) is 23.4 Å². The Morgan fingerprint density at radius 2 is 2.00 bits per heavy atom. The molecule has 0 spiro atoms. The SMILES string of the molecule is CCOC(=O)C1CCN(C(=O)/C(C#N)=C\NCc2ccc(Cl)cc2)CC1. The number of carbonyl (C=O) groups excluding carboxylic acids is 2. The highest BCUT2D eigenvalue weighted by atomic mass is 35.5. The zero-order valence-corrected chi connectivity index (χ0v) is 15.5. The van der Waals surface area contributed by atoms with E-state index in [2.05, 4.69) is 5.32 Å². The lowest BCUT2D eigenvalue weighted by Crippen LogP contribution is -2.41.